The van der Waals surface area contributed by atoms with E-state index in [9.17, 15) is 4.79 Å². The number of benzene rings is 3. The Morgan fingerprint density at radius 3 is 2.18 bits per heavy atom. The van der Waals surface area contributed by atoms with Gasteiger partial charge in [0, 0.05) is 31.4 Å². The molecule has 0 aliphatic carbocycles. The summed E-state index contributed by atoms with van der Waals surface area (Å²) in [6.45, 7) is 2.99. The van der Waals surface area contributed by atoms with Crippen LogP contribution in [0.4, 0.5) is 10.5 Å². The van der Waals surface area contributed by atoms with Crippen LogP contribution in [0.1, 0.15) is 28.3 Å². The molecule has 1 fully saturated rings. The lowest BCUT2D eigenvalue weighted by atomic mass is 9.98. The number of nitrogens with two attached hydrogens (primary N) is 2. The second-order valence-electron chi connectivity index (χ2n) is 9.34. The molecule has 202 valence electrons. The van der Waals surface area contributed by atoms with Gasteiger partial charge in [-0.05, 0) is 60.3 Å². The number of piperazine rings is 1. The molecule has 1 unspecified atom stereocenters. The minimum atomic E-state index is -0.318. The third-order valence-corrected chi connectivity index (χ3v) is 6.97. The van der Waals surface area contributed by atoms with E-state index in [0.717, 1.165) is 52.3 Å². The van der Waals surface area contributed by atoms with Crippen molar-refractivity contribution in [3.63, 3.8) is 0 Å². The molecule has 0 bridgehead atoms. The molecule has 1 amide bonds. The lowest BCUT2D eigenvalue weighted by molar-refractivity contribution is 0.0889. The van der Waals surface area contributed by atoms with Crippen LogP contribution in [-0.2, 0) is 24.2 Å². The van der Waals surface area contributed by atoms with Crippen molar-refractivity contribution in [3.8, 4) is 11.5 Å². The average Bonchev–Trinajstić information content (AvgIpc) is 2.97. The van der Waals surface area contributed by atoms with Crippen molar-refractivity contribution >= 4 is 11.8 Å². The molecular weight excluding hydrogens is 480 g/mol. The molecule has 0 saturated carbocycles. The van der Waals surface area contributed by atoms with Crippen LogP contribution >= 0.6 is 0 Å². The van der Waals surface area contributed by atoms with Crippen LogP contribution in [0, 0.1) is 0 Å². The van der Waals surface area contributed by atoms with Crippen molar-refractivity contribution in [3.05, 3.63) is 89.0 Å². The molecule has 4 rings (SSSR count). The fourth-order valence-electron chi connectivity index (χ4n) is 4.96. The summed E-state index contributed by atoms with van der Waals surface area (Å²) < 4.78 is 17.1. The van der Waals surface area contributed by atoms with Crippen LogP contribution in [-0.4, -0.2) is 57.9 Å². The maximum atomic E-state index is 13.1. The first kappa shape index (κ1) is 27.3. The SMILES string of the molecule is COc1cc(C2CN(C(=O)OCc3ccccc3)CCN2c2ccc(CCN)c(OC)c2)ccc1CCN. The minimum Gasteiger partial charge on any atom is -0.496 e. The Morgan fingerprint density at radius 2 is 1.53 bits per heavy atom. The van der Waals surface area contributed by atoms with E-state index in [0.29, 0.717) is 32.7 Å². The highest BCUT2D eigenvalue weighted by Gasteiger charge is 2.32. The smallest absolute Gasteiger partial charge is 0.410 e. The molecule has 8 nitrogen and oxygen atoms in total. The molecule has 0 spiro atoms. The Kier molecular flexibility index (Phi) is 9.46. The number of nitrogens with zero attached hydrogens (tertiary/aromatic N) is 2. The molecular formula is C30H38N4O4. The van der Waals surface area contributed by atoms with Gasteiger partial charge in [0.15, 0.2) is 0 Å². The van der Waals surface area contributed by atoms with Gasteiger partial charge in [-0.25, -0.2) is 4.79 Å². The van der Waals surface area contributed by atoms with Gasteiger partial charge in [-0.15, -0.1) is 0 Å². The molecule has 1 aliphatic rings. The Hall–Kier alpha value is -3.75. The van der Waals surface area contributed by atoms with E-state index in [1.54, 1.807) is 19.1 Å². The molecule has 0 aromatic heterocycles. The Labute approximate surface area is 225 Å². The average molecular weight is 519 g/mol. The number of rotatable bonds is 10. The number of hydrogen-bond acceptors (Lipinski definition) is 7. The van der Waals surface area contributed by atoms with Crippen LogP contribution in [0.5, 0.6) is 11.5 Å². The number of amides is 1. The number of methoxy groups -OCH3 is 2. The lowest BCUT2D eigenvalue weighted by Crippen LogP contribution is -2.50. The van der Waals surface area contributed by atoms with Crippen LogP contribution in [0.3, 0.4) is 0 Å². The predicted octanol–water partition coefficient (Wildman–Crippen LogP) is 3.91. The van der Waals surface area contributed by atoms with Gasteiger partial charge in [0.05, 0.1) is 20.3 Å². The Balaban J connectivity index is 1.62. The monoisotopic (exact) mass is 518 g/mol. The predicted molar refractivity (Wildman–Crippen MR) is 150 cm³/mol. The zero-order valence-electron chi connectivity index (χ0n) is 22.3. The highest BCUT2D eigenvalue weighted by molar-refractivity contribution is 5.69. The maximum absolute atomic E-state index is 13.1. The molecule has 3 aromatic carbocycles. The molecule has 3 aromatic rings. The van der Waals surface area contributed by atoms with Gasteiger partial charge < -0.3 is 35.5 Å². The zero-order chi connectivity index (χ0) is 26.9. The molecule has 8 heteroatoms. The Bertz CT molecular complexity index is 1200. The van der Waals surface area contributed by atoms with E-state index < -0.39 is 0 Å². The normalized spacial score (nSPS) is 15.3. The van der Waals surface area contributed by atoms with E-state index in [-0.39, 0.29) is 18.7 Å². The second-order valence-corrected chi connectivity index (χ2v) is 9.34. The first-order valence-electron chi connectivity index (χ1n) is 13.0. The van der Waals surface area contributed by atoms with E-state index in [2.05, 4.69) is 41.3 Å². The highest BCUT2D eigenvalue weighted by atomic mass is 16.6. The number of ether oxygens (including phenoxy) is 3. The summed E-state index contributed by atoms with van der Waals surface area (Å²) in [7, 11) is 3.35. The standard InChI is InChI=1S/C30H38N4O4/c1-36-28-18-25(9-8-23(28)12-14-31)27-20-33(30(35)38-21-22-6-4-3-5-7-22)16-17-34(27)26-11-10-24(13-15-32)29(19-26)37-2/h3-11,18-19,27H,12-17,20-21,31-32H2,1-2H3. The quantitative estimate of drug-likeness (QED) is 0.419. The van der Waals surface area contributed by atoms with E-state index in [1.807, 2.05) is 30.3 Å². The van der Waals surface area contributed by atoms with Crippen molar-refractivity contribution in [2.24, 2.45) is 11.5 Å². The van der Waals surface area contributed by atoms with Gasteiger partial charge in [-0.2, -0.15) is 0 Å². The highest BCUT2D eigenvalue weighted by Crippen LogP contribution is 2.36. The van der Waals surface area contributed by atoms with Crippen molar-refractivity contribution in [2.75, 3.05) is 51.8 Å². The van der Waals surface area contributed by atoms with Gasteiger partial charge in [-0.3, -0.25) is 0 Å². The Morgan fingerprint density at radius 1 is 0.868 bits per heavy atom. The maximum Gasteiger partial charge on any atom is 0.410 e. The van der Waals surface area contributed by atoms with Crippen LogP contribution in [0.2, 0.25) is 0 Å². The van der Waals surface area contributed by atoms with Crippen LogP contribution in [0.25, 0.3) is 0 Å². The topological polar surface area (TPSA) is 103 Å². The number of carbonyl (C=O) groups excluding carboxylic acids is 1. The first-order chi connectivity index (χ1) is 18.6. The zero-order valence-corrected chi connectivity index (χ0v) is 22.3. The molecule has 0 radical (unpaired) electrons. The molecule has 1 aliphatic heterocycles. The van der Waals surface area contributed by atoms with E-state index in [1.165, 1.54) is 0 Å². The van der Waals surface area contributed by atoms with Crippen LogP contribution in [0.15, 0.2) is 66.7 Å². The first-order valence-corrected chi connectivity index (χ1v) is 13.0. The summed E-state index contributed by atoms with van der Waals surface area (Å²) in [6, 6.07) is 22.1. The van der Waals surface area contributed by atoms with Gasteiger partial charge in [0.2, 0.25) is 0 Å². The lowest BCUT2D eigenvalue weighted by Gasteiger charge is -2.43. The van der Waals surface area contributed by atoms with Crippen molar-refractivity contribution in [1.82, 2.24) is 4.90 Å². The van der Waals surface area contributed by atoms with Crippen molar-refractivity contribution < 1.29 is 19.0 Å². The number of anilines is 1. The second kappa shape index (κ2) is 13.2. The summed E-state index contributed by atoms with van der Waals surface area (Å²) in [5.41, 5.74) is 16.8. The minimum absolute atomic E-state index is 0.112. The summed E-state index contributed by atoms with van der Waals surface area (Å²) in [5, 5.41) is 0. The van der Waals surface area contributed by atoms with Crippen LogP contribution < -0.4 is 25.8 Å². The van der Waals surface area contributed by atoms with E-state index in [4.69, 9.17) is 25.7 Å². The fourth-order valence-corrected chi connectivity index (χ4v) is 4.96. The largest absolute Gasteiger partial charge is 0.496 e. The summed E-state index contributed by atoms with van der Waals surface area (Å²) in [5.74, 6) is 1.61. The van der Waals surface area contributed by atoms with Gasteiger partial charge in [0.1, 0.15) is 18.1 Å². The number of carbonyl (C=O) groups is 1. The summed E-state index contributed by atoms with van der Waals surface area (Å²) >= 11 is 0. The van der Waals surface area contributed by atoms with E-state index >= 15 is 0 Å². The van der Waals surface area contributed by atoms with Gasteiger partial charge in [-0.1, -0.05) is 48.5 Å². The molecule has 1 atom stereocenters. The number of hydrogen-bond donors (Lipinski definition) is 2. The molecule has 1 saturated heterocycles. The molecule has 1 heterocycles. The molecule has 38 heavy (non-hydrogen) atoms. The van der Waals surface area contributed by atoms with Crippen molar-refractivity contribution in [2.45, 2.75) is 25.5 Å². The van der Waals surface area contributed by atoms with Crippen molar-refractivity contribution in [1.29, 1.82) is 0 Å². The fraction of sp³-hybridized carbons (Fsp3) is 0.367. The molecule has 4 N–H and O–H groups in total. The van der Waals surface area contributed by atoms with Gasteiger partial charge >= 0.3 is 6.09 Å². The third kappa shape index (κ3) is 6.38. The van der Waals surface area contributed by atoms with Gasteiger partial charge in [0.25, 0.3) is 0 Å². The summed E-state index contributed by atoms with van der Waals surface area (Å²) in [6.07, 6.45) is 1.16. The third-order valence-electron chi connectivity index (χ3n) is 6.97. The summed E-state index contributed by atoms with van der Waals surface area (Å²) in [4.78, 5) is 17.2.